The molecule has 5 nitrogen and oxygen atoms in total. The quantitative estimate of drug-likeness (QED) is 0.837. The van der Waals surface area contributed by atoms with Crippen molar-refractivity contribution in [3.05, 3.63) is 18.0 Å². The molecule has 0 atom stereocenters. The van der Waals surface area contributed by atoms with Crippen LogP contribution < -0.4 is 10.6 Å². The molecule has 0 saturated carbocycles. The van der Waals surface area contributed by atoms with Gasteiger partial charge in [-0.05, 0) is 32.4 Å². The maximum Gasteiger partial charge on any atom is 0.0842 e. The maximum atomic E-state index is 6.11. The second kappa shape index (κ2) is 5.22. The molecule has 1 aromatic heterocycles. The molecular formula is C15H24N4O. The van der Waals surface area contributed by atoms with Crippen LogP contribution in [0.5, 0.6) is 0 Å². The van der Waals surface area contributed by atoms with Crippen LogP contribution in [-0.2, 0) is 4.74 Å². The van der Waals surface area contributed by atoms with Gasteiger partial charge in [0, 0.05) is 32.4 Å². The Morgan fingerprint density at radius 1 is 1.25 bits per heavy atom. The number of pyridine rings is 1. The smallest absolute Gasteiger partial charge is 0.0842 e. The van der Waals surface area contributed by atoms with Gasteiger partial charge >= 0.3 is 0 Å². The van der Waals surface area contributed by atoms with Gasteiger partial charge in [-0.15, -0.1) is 0 Å². The van der Waals surface area contributed by atoms with Gasteiger partial charge in [0.05, 0.1) is 29.8 Å². The highest BCUT2D eigenvalue weighted by atomic mass is 16.5. The normalized spacial score (nSPS) is 23.2. The standard InChI is InChI=1S/C15H24N4O/c1-12-9-17-10-13(16)14(12)19-5-3-15(4-6-19)11-18(2)7-8-20-15/h9-10H,3-8,11,16H2,1-2H3. The Morgan fingerprint density at radius 2 is 2.00 bits per heavy atom. The molecule has 0 bridgehead atoms. The number of piperidine rings is 1. The molecule has 110 valence electrons. The van der Waals surface area contributed by atoms with Crippen LogP contribution in [0, 0.1) is 6.92 Å². The van der Waals surface area contributed by atoms with E-state index < -0.39 is 0 Å². The lowest BCUT2D eigenvalue weighted by atomic mass is 9.89. The van der Waals surface area contributed by atoms with E-state index in [4.69, 9.17) is 10.5 Å². The second-order valence-corrected chi connectivity index (χ2v) is 6.15. The fourth-order valence-electron chi connectivity index (χ4n) is 3.49. The first-order valence-electron chi connectivity index (χ1n) is 7.37. The van der Waals surface area contributed by atoms with E-state index in [9.17, 15) is 0 Å². The van der Waals surface area contributed by atoms with E-state index in [1.165, 1.54) is 0 Å². The summed E-state index contributed by atoms with van der Waals surface area (Å²) < 4.78 is 6.11. The number of likely N-dealkylation sites (N-methyl/N-ethyl adjacent to an activating group) is 1. The number of hydrogen-bond acceptors (Lipinski definition) is 5. The van der Waals surface area contributed by atoms with Gasteiger partial charge in [-0.1, -0.05) is 0 Å². The van der Waals surface area contributed by atoms with Crippen LogP contribution in [0.3, 0.4) is 0 Å². The molecule has 3 rings (SSSR count). The number of nitrogens with zero attached hydrogens (tertiary/aromatic N) is 3. The van der Waals surface area contributed by atoms with Crippen LogP contribution in [0.15, 0.2) is 12.4 Å². The lowest BCUT2D eigenvalue weighted by Crippen LogP contribution is -2.56. The van der Waals surface area contributed by atoms with Crippen LogP contribution in [-0.4, -0.2) is 55.3 Å². The summed E-state index contributed by atoms with van der Waals surface area (Å²) in [5.41, 5.74) is 9.24. The Labute approximate surface area is 120 Å². The predicted molar refractivity (Wildman–Crippen MR) is 81.0 cm³/mol. The van der Waals surface area contributed by atoms with Crippen molar-refractivity contribution in [2.75, 3.05) is 50.5 Å². The summed E-state index contributed by atoms with van der Waals surface area (Å²) >= 11 is 0. The van der Waals surface area contributed by atoms with Crippen molar-refractivity contribution in [3.63, 3.8) is 0 Å². The maximum absolute atomic E-state index is 6.11. The molecule has 2 aliphatic heterocycles. The Morgan fingerprint density at radius 3 is 2.65 bits per heavy atom. The molecule has 0 unspecified atom stereocenters. The fourth-order valence-corrected chi connectivity index (χ4v) is 3.49. The summed E-state index contributed by atoms with van der Waals surface area (Å²) in [4.78, 5) is 8.91. The van der Waals surface area contributed by atoms with E-state index in [1.807, 2.05) is 6.20 Å². The van der Waals surface area contributed by atoms with Gasteiger partial charge in [0.15, 0.2) is 0 Å². The third-order valence-corrected chi connectivity index (χ3v) is 4.56. The molecule has 2 aliphatic rings. The van der Waals surface area contributed by atoms with Crippen molar-refractivity contribution in [1.29, 1.82) is 0 Å². The van der Waals surface area contributed by atoms with Crippen molar-refractivity contribution in [2.24, 2.45) is 0 Å². The van der Waals surface area contributed by atoms with Gasteiger partial charge in [0.1, 0.15) is 0 Å². The van der Waals surface area contributed by atoms with E-state index in [-0.39, 0.29) is 5.60 Å². The number of aryl methyl sites for hydroxylation is 1. The molecule has 1 spiro atoms. The summed E-state index contributed by atoms with van der Waals surface area (Å²) in [5, 5.41) is 0. The van der Waals surface area contributed by atoms with Gasteiger partial charge < -0.3 is 20.3 Å². The average Bonchev–Trinajstić information content (AvgIpc) is 2.41. The minimum Gasteiger partial charge on any atom is -0.396 e. The van der Waals surface area contributed by atoms with E-state index in [1.54, 1.807) is 6.20 Å². The highest BCUT2D eigenvalue weighted by Gasteiger charge is 2.39. The molecule has 20 heavy (non-hydrogen) atoms. The van der Waals surface area contributed by atoms with Crippen molar-refractivity contribution in [2.45, 2.75) is 25.4 Å². The lowest BCUT2D eigenvalue weighted by Gasteiger charge is -2.47. The van der Waals surface area contributed by atoms with Gasteiger partial charge in [0.25, 0.3) is 0 Å². The van der Waals surface area contributed by atoms with E-state index in [0.717, 1.165) is 62.6 Å². The van der Waals surface area contributed by atoms with Crippen LogP contribution in [0.25, 0.3) is 0 Å². The molecule has 0 aromatic carbocycles. The molecule has 2 saturated heterocycles. The summed E-state index contributed by atoms with van der Waals surface area (Å²) in [6.45, 7) is 7.03. The zero-order chi connectivity index (χ0) is 14.2. The van der Waals surface area contributed by atoms with Crippen LogP contribution >= 0.6 is 0 Å². The summed E-state index contributed by atoms with van der Waals surface area (Å²) in [6.07, 6.45) is 5.77. The highest BCUT2D eigenvalue weighted by molar-refractivity contribution is 5.70. The van der Waals surface area contributed by atoms with Crippen LogP contribution in [0.4, 0.5) is 11.4 Å². The first-order chi connectivity index (χ1) is 9.60. The zero-order valence-electron chi connectivity index (χ0n) is 12.4. The second-order valence-electron chi connectivity index (χ2n) is 6.15. The van der Waals surface area contributed by atoms with E-state index in [2.05, 4.69) is 28.8 Å². The minimum atomic E-state index is 0.0548. The van der Waals surface area contributed by atoms with E-state index in [0.29, 0.717) is 0 Å². The number of morpholine rings is 1. The lowest BCUT2D eigenvalue weighted by molar-refractivity contribution is -0.115. The highest BCUT2D eigenvalue weighted by Crippen LogP contribution is 2.34. The van der Waals surface area contributed by atoms with Gasteiger partial charge in [-0.3, -0.25) is 4.98 Å². The Balaban J connectivity index is 1.72. The summed E-state index contributed by atoms with van der Waals surface area (Å²) in [5.74, 6) is 0. The van der Waals surface area contributed by atoms with Crippen molar-refractivity contribution in [3.8, 4) is 0 Å². The average molecular weight is 276 g/mol. The van der Waals surface area contributed by atoms with Crippen LogP contribution in [0.1, 0.15) is 18.4 Å². The third-order valence-electron chi connectivity index (χ3n) is 4.56. The first-order valence-corrected chi connectivity index (χ1v) is 7.37. The SMILES string of the molecule is Cc1cncc(N)c1N1CCC2(CC1)CN(C)CCO2. The largest absolute Gasteiger partial charge is 0.396 e. The number of ether oxygens (including phenoxy) is 1. The van der Waals surface area contributed by atoms with Crippen molar-refractivity contribution >= 4 is 11.4 Å². The molecule has 0 amide bonds. The number of nitrogen functional groups attached to an aromatic ring is 1. The topological polar surface area (TPSA) is 54.6 Å². The molecule has 0 aliphatic carbocycles. The number of nitrogens with two attached hydrogens (primary N) is 1. The first kappa shape index (κ1) is 13.6. The zero-order valence-corrected chi connectivity index (χ0v) is 12.4. The van der Waals surface area contributed by atoms with Crippen molar-refractivity contribution in [1.82, 2.24) is 9.88 Å². The van der Waals surface area contributed by atoms with Gasteiger partial charge in [0.2, 0.25) is 0 Å². The Bertz CT molecular complexity index is 463. The predicted octanol–water partition coefficient (Wildman–Crippen LogP) is 1.27. The van der Waals surface area contributed by atoms with Crippen molar-refractivity contribution < 1.29 is 4.74 Å². The van der Waals surface area contributed by atoms with E-state index >= 15 is 0 Å². The molecule has 5 heteroatoms. The number of hydrogen-bond donors (Lipinski definition) is 1. The molecule has 2 N–H and O–H groups in total. The third kappa shape index (κ3) is 2.47. The monoisotopic (exact) mass is 276 g/mol. The molecule has 0 radical (unpaired) electrons. The molecule has 1 aromatic rings. The summed E-state index contributed by atoms with van der Waals surface area (Å²) in [7, 11) is 2.18. The number of rotatable bonds is 1. The minimum absolute atomic E-state index is 0.0548. The fraction of sp³-hybridized carbons (Fsp3) is 0.667. The number of anilines is 2. The van der Waals surface area contributed by atoms with Crippen LogP contribution in [0.2, 0.25) is 0 Å². The molecule has 2 fully saturated rings. The molecular weight excluding hydrogens is 252 g/mol. The van der Waals surface area contributed by atoms with Gasteiger partial charge in [-0.25, -0.2) is 0 Å². The Hall–Kier alpha value is -1.33. The molecule has 3 heterocycles. The Kier molecular flexibility index (Phi) is 3.56. The van der Waals surface area contributed by atoms with Gasteiger partial charge in [-0.2, -0.15) is 0 Å². The number of aromatic nitrogens is 1. The summed E-state index contributed by atoms with van der Waals surface area (Å²) in [6, 6.07) is 0.